The molecule has 0 aromatic heterocycles. The monoisotopic (exact) mass is 301 g/mol. The van der Waals surface area contributed by atoms with E-state index in [1.807, 2.05) is 6.07 Å². The van der Waals surface area contributed by atoms with Crippen LogP contribution < -0.4 is 5.73 Å². The van der Waals surface area contributed by atoms with E-state index in [9.17, 15) is 9.90 Å². The minimum absolute atomic E-state index is 0.0566. The van der Waals surface area contributed by atoms with Crippen molar-refractivity contribution in [2.24, 2.45) is 11.7 Å². The van der Waals surface area contributed by atoms with Gasteiger partial charge in [-0.05, 0) is 42.9 Å². The van der Waals surface area contributed by atoms with Crippen LogP contribution in [0, 0.1) is 5.92 Å². The maximum absolute atomic E-state index is 12.1. The summed E-state index contributed by atoms with van der Waals surface area (Å²) >= 11 is 12.0. The SMILES string of the molecule is NC(=O)C1(c2ccc(Cl)c(Cl)c2)CCCC1CCO. The van der Waals surface area contributed by atoms with E-state index in [2.05, 4.69) is 0 Å². The first-order valence-electron chi connectivity index (χ1n) is 6.38. The van der Waals surface area contributed by atoms with Gasteiger partial charge in [0.05, 0.1) is 15.5 Å². The molecule has 2 atom stereocenters. The lowest BCUT2D eigenvalue weighted by Crippen LogP contribution is -2.44. The van der Waals surface area contributed by atoms with Gasteiger partial charge in [0.2, 0.25) is 5.91 Å². The maximum Gasteiger partial charge on any atom is 0.228 e. The third-order valence-corrected chi connectivity index (χ3v) is 4.91. The largest absolute Gasteiger partial charge is 0.396 e. The minimum atomic E-state index is -0.725. The quantitative estimate of drug-likeness (QED) is 0.898. The number of hydrogen-bond acceptors (Lipinski definition) is 2. The van der Waals surface area contributed by atoms with E-state index in [1.165, 1.54) is 0 Å². The number of carbonyl (C=O) groups excluding carboxylic acids is 1. The Hall–Kier alpha value is -0.770. The number of hydrogen-bond donors (Lipinski definition) is 2. The number of benzene rings is 1. The second-order valence-electron chi connectivity index (χ2n) is 5.07. The standard InChI is InChI=1S/C14H17Cl2NO2/c15-11-4-3-10(8-12(11)16)14(13(17)19)6-1-2-9(14)5-7-18/h3-4,8-9,18H,1-2,5-7H2,(H2,17,19). The molecule has 0 saturated heterocycles. The van der Waals surface area contributed by atoms with E-state index >= 15 is 0 Å². The number of rotatable bonds is 4. The number of aliphatic hydroxyl groups excluding tert-OH is 1. The van der Waals surface area contributed by atoms with Crippen LogP contribution in [0.2, 0.25) is 10.0 Å². The van der Waals surface area contributed by atoms with Crippen molar-refractivity contribution >= 4 is 29.1 Å². The summed E-state index contributed by atoms with van der Waals surface area (Å²) in [7, 11) is 0. The van der Waals surface area contributed by atoms with Gasteiger partial charge in [0, 0.05) is 6.61 Å². The Morgan fingerprint density at radius 1 is 1.42 bits per heavy atom. The summed E-state index contributed by atoms with van der Waals surface area (Å²) in [6, 6.07) is 5.23. The summed E-state index contributed by atoms with van der Waals surface area (Å²) in [6.45, 7) is 0.0566. The second-order valence-corrected chi connectivity index (χ2v) is 5.88. The molecule has 1 amide bonds. The smallest absolute Gasteiger partial charge is 0.228 e. The highest BCUT2D eigenvalue weighted by Gasteiger charge is 2.48. The van der Waals surface area contributed by atoms with Crippen molar-refractivity contribution in [1.82, 2.24) is 0 Å². The van der Waals surface area contributed by atoms with Gasteiger partial charge in [0.25, 0.3) is 0 Å². The Kier molecular flexibility index (Phi) is 4.39. The highest BCUT2D eigenvalue weighted by molar-refractivity contribution is 6.42. The molecule has 1 aliphatic carbocycles. The zero-order valence-corrected chi connectivity index (χ0v) is 12.0. The highest BCUT2D eigenvalue weighted by Crippen LogP contribution is 2.48. The van der Waals surface area contributed by atoms with E-state index in [-0.39, 0.29) is 18.4 Å². The first kappa shape index (κ1) is 14.6. The molecule has 1 fully saturated rings. The van der Waals surface area contributed by atoms with Crippen molar-refractivity contribution in [2.75, 3.05) is 6.61 Å². The van der Waals surface area contributed by atoms with Gasteiger partial charge in [0.1, 0.15) is 0 Å². The number of aliphatic hydroxyl groups is 1. The van der Waals surface area contributed by atoms with Crippen LogP contribution in [0.25, 0.3) is 0 Å². The number of carbonyl (C=O) groups is 1. The minimum Gasteiger partial charge on any atom is -0.396 e. The molecule has 1 aromatic carbocycles. The Morgan fingerprint density at radius 2 is 2.16 bits per heavy atom. The number of halogens is 2. The normalized spacial score (nSPS) is 26.6. The van der Waals surface area contributed by atoms with Crippen molar-refractivity contribution in [1.29, 1.82) is 0 Å². The molecule has 5 heteroatoms. The molecular weight excluding hydrogens is 285 g/mol. The van der Waals surface area contributed by atoms with Crippen molar-refractivity contribution < 1.29 is 9.90 Å². The molecule has 1 saturated carbocycles. The predicted octanol–water partition coefficient (Wildman–Crippen LogP) is 2.90. The topological polar surface area (TPSA) is 63.3 Å². The third-order valence-electron chi connectivity index (χ3n) is 4.17. The summed E-state index contributed by atoms with van der Waals surface area (Å²) in [5.74, 6) is -0.283. The van der Waals surface area contributed by atoms with Crippen LogP contribution in [0.1, 0.15) is 31.2 Å². The van der Waals surface area contributed by atoms with Gasteiger partial charge in [-0.2, -0.15) is 0 Å². The average Bonchev–Trinajstić information content (AvgIpc) is 2.78. The van der Waals surface area contributed by atoms with Crippen LogP contribution in [0.15, 0.2) is 18.2 Å². The molecule has 3 N–H and O–H groups in total. The molecule has 1 aliphatic rings. The van der Waals surface area contributed by atoms with Gasteiger partial charge in [0.15, 0.2) is 0 Å². The van der Waals surface area contributed by atoms with Crippen LogP contribution >= 0.6 is 23.2 Å². The lowest BCUT2D eigenvalue weighted by atomic mass is 9.70. The Bertz CT molecular complexity index is 492. The first-order chi connectivity index (χ1) is 9.02. The van der Waals surface area contributed by atoms with Crippen molar-refractivity contribution in [3.63, 3.8) is 0 Å². The molecule has 1 aromatic rings. The first-order valence-corrected chi connectivity index (χ1v) is 7.14. The molecule has 104 valence electrons. The lowest BCUT2D eigenvalue weighted by Gasteiger charge is -2.33. The summed E-state index contributed by atoms with van der Waals surface area (Å²) in [6.07, 6.45) is 3.09. The highest BCUT2D eigenvalue weighted by atomic mass is 35.5. The molecule has 0 spiro atoms. The van der Waals surface area contributed by atoms with Crippen LogP contribution in [-0.4, -0.2) is 17.6 Å². The summed E-state index contributed by atoms with van der Waals surface area (Å²) in [5.41, 5.74) is 5.76. The number of primary amides is 1. The van der Waals surface area contributed by atoms with Gasteiger partial charge >= 0.3 is 0 Å². The lowest BCUT2D eigenvalue weighted by molar-refractivity contribution is -0.125. The van der Waals surface area contributed by atoms with Gasteiger partial charge in [-0.1, -0.05) is 35.7 Å². The molecule has 0 radical (unpaired) electrons. The number of nitrogens with two attached hydrogens (primary N) is 1. The maximum atomic E-state index is 12.1. The molecule has 0 aliphatic heterocycles. The summed E-state index contributed by atoms with van der Waals surface area (Å²) < 4.78 is 0. The van der Waals surface area contributed by atoms with Crippen LogP contribution in [0.3, 0.4) is 0 Å². The van der Waals surface area contributed by atoms with Gasteiger partial charge in [-0.3, -0.25) is 4.79 Å². The van der Waals surface area contributed by atoms with E-state index in [0.29, 0.717) is 22.9 Å². The molecule has 2 unspecified atom stereocenters. The molecule has 19 heavy (non-hydrogen) atoms. The van der Waals surface area contributed by atoms with Crippen molar-refractivity contribution in [3.05, 3.63) is 33.8 Å². The van der Waals surface area contributed by atoms with E-state index in [4.69, 9.17) is 28.9 Å². The fourth-order valence-corrected chi connectivity index (χ4v) is 3.54. The molecule has 2 rings (SSSR count). The summed E-state index contributed by atoms with van der Waals surface area (Å²) in [5, 5.41) is 10.1. The summed E-state index contributed by atoms with van der Waals surface area (Å²) in [4.78, 5) is 12.1. The van der Waals surface area contributed by atoms with Gasteiger partial charge in [-0.15, -0.1) is 0 Å². The van der Waals surface area contributed by atoms with E-state index < -0.39 is 5.41 Å². The molecular formula is C14H17Cl2NO2. The molecule has 3 nitrogen and oxygen atoms in total. The fraction of sp³-hybridized carbons (Fsp3) is 0.500. The van der Waals surface area contributed by atoms with Crippen molar-refractivity contribution in [3.8, 4) is 0 Å². The second kappa shape index (κ2) is 5.70. The molecule has 0 heterocycles. The van der Waals surface area contributed by atoms with E-state index in [0.717, 1.165) is 18.4 Å². The van der Waals surface area contributed by atoms with Crippen LogP contribution in [-0.2, 0) is 10.2 Å². The van der Waals surface area contributed by atoms with Crippen LogP contribution in [0.4, 0.5) is 0 Å². The zero-order chi connectivity index (χ0) is 14.0. The Morgan fingerprint density at radius 3 is 2.74 bits per heavy atom. The van der Waals surface area contributed by atoms with E-state index in [1.54, 1.807) is 12.1 Å². The van der Waals surface area contributed by atoms with Crippen molar-refractivity contribution in [2.45, 2.75) is 31.1 Å². The molecule has 0 bridgehead atoms. The Balaban J connectivity index is 2.49. The fourth-order valence-electron chi connectivity index (χ4n) is 3.24. The van der Waals surface area contributed by atoms with Gasteiger partial charge in [-0.25, -0.2) is 0 Å². The zero-order valence-electron chi connectivity index (χ0n) is 10.5. The van der Waals surface area contributed by atoms with Crippen LogP contribution in [0.5, 0.6) is 0 Å². The van der Waals surface area contributed by atoms with Gasteiger partial charge < -0.3 is 10.8 Å². The number of amides is 1. The third kappa shape index (κ3) is 2.47. The Labute approximate surface area is 122 Å². The average molecular weight is 302 g/mol. The predicted molar refractivity (Wildman–Crippen MR) is 76.4 cm³/mol.